The summed E-state index contributed by atoms with van der Waals surface area (Å²) in [6.45, 7) is 1.63. The zero-order chi connectivity index (χ0) is 20.6. The first-order chi connectivity index (χ1) is 13.9. The molecule has 0 fully saturated rings. The van der Waals surface area contributed by atoms with Gasteiger partial charge in [0.05, 0.1) is 23.4 Å². The number of aromatic nitrogens is 1. The van der Waals surface area contributed by atoms with E-state index in [1.807, 2.05) is 24.3 Å². The van der Waals surface area contributed by atoms with Gasteiger partial charge in [0.15, 0.2) is 15.4 Å². The predicted molar refractivity (Wildman–Crippen MR) is 114 cm³/mol. The Balaban J connectivity index is 1.69. The summed E-state index contributed by atoms with van der Waals surface area (Å²) in [7, 11) is -1.65. The van der Waals surface area contributed by atoms with E-state index in [1.165, 1.54) is 0 Å². The molecule has 0 atom stereocenters. The summed E-state index contributed by atoms with van der Waals surface area (Å²) < 4.78 is 35.0. The third-order valence-corrected chi connectivity index (χ3v) is 6.54. The Labute approximate surface area is 168 Å². The lowest BCUT2D eigenvalue weighted by molar-refractivity contribution is 0.417. The lowest BCUT2D eigenvalue weighted by atomic mass is 10.1. The molecule has 0 aliphatic rings. The van der Waals surface area contributed by atoms with Crippen LogP contribution in [0.3, 0.4) is 0 Å². The van der Waals surface area contributed by atoms with Gasteiger partial charge in [0.25, 0.3) is 0 Å². The molecule has 0 spiro atoms. The number of oxazole rings is 1. The Hall–Kier alpha value is -3.32. The number of hydrogen-bond acceptors (Lipinski definition) is 6. The lowest BCUT2D eigenvalue weighted by Crippen LogP contribution is -2.03. The molecule has 6 nitrogen and oxygen atoms in total. The van der Waals surface area contributed by atoms with Crippen molar-refractivity contribution in [3.8, 4) is 28.3 Å². The van der Waals surface area contributed by atoms with Crippen LogP contribution in [0.1, 0.15) is 6.92 Å². The number of nitrogens with zero attached hydrogens (tertiary/aromatic N) is 1. The molecule has 7 heteroatoms. The monoisotopic (exact) mass is 408 g/mol. The molecule has 4 rings (SSSR count). The molecule has 3 aromatic carbocycles. The molecule has 4 aromatic rings. The van der Waals surface area contributed by atoms with E-state index in [-0.39, 0.29) is 5.75 Å². The van der Waals surface area contributed by atoms with E-state index < -0.39 is 9.84 Å². The van der Waals surface area contributed by atoms with Gasteiger partial charge in [-0.3, -0.25) is 0 Å². The van der Waals surface area contributed by atoms with E-state index in [0.29, 0.717) is 33.3 Å². The smallest absolute Gasteiger partial charge is 0.227 e. The number of nitrogen functional groups attached to an aromatic ring is 1. The van der Waals surface area contributed by atoms with Crippen LogP contribution in [0.5, 0.6) is 5.75 Å². The van der Waals surface area contributed by atoms with Gasteiger partial charge in [-0.15, -0.1) is 0 Å². The van der Waals surface area contributed by atoms with Gasteiger partial charge in [0.2, 0.25) is 5.89 Å². The summed E-state index contributed by atoms with van der Waals surface area (Å²) in [5, 5.41) is 0. The van der Waals surface area contributed by atoms with Crippen LogP contribution in [0.25, 0.3) is 33.7 Å². The topological polar surface area (TPSA) is 95.4 Å². The Bertz CT molecular complexity index is 1290. The molecule has 0 aliphatic heterocycles. The quantitative estimate of drug-likeness (QED) is 0.487. The second-order valence-corrected chi connectivity index (χ2v) is 8.86. The van der Waals surface area contributed by atoms with Gasteiger partial charge < -0.3 is 14.9 Å². The first-order valence-corrected chi connectivity index (χ1v) is 10.7. The maximum absolute atomic E-state index is 12.0. The fourth-order valence-corrected chi connectivity index (χ4v) is 4.00. The highest BCUT2D eigenvalue weighted by molar-refractivity contribution is 7.91. The van der Waals surface area contributed by atoms with Gasteiger partial charge in [-0.2, -0.15) is 0 Å². The van der Waals surface area contributed by atoms with Crippen molar-refractivity contribution in [2.24, 2.45) is 0 Å². The van der Waals surface area contributed by atoms with E-state index in [2.05, 4.69) is 4.98 Å². The first kappa shape index (κ1) is 19.0. The SMILES string of the molecule is CCS(=O)(=O)c1ccc(-c2ccc3oc(-c4ccc(OC)c(N)c4)nc3c2)cc1. The van der Waals surface area contributed by atoms with Crippen molar-refractivity contribution in [2.75, 3.05) is 18.6 Å². The van der Waals surface area contributed by atoms with Crippen molar-refractivity contribution >= 4 is 26.6 Å². The minimum atomic E-state index is -3.21. The number of sulfone groups is 1. The number of benzene rings is 3. The van der Waals surface area contributed by atoms with Crippen LogP contribution in [0, 0.1) is 0 Å². The Morgan fingerprint density at radius 3 is 2.31 bits per heavy atom. The van der Waals surface area contributed by atoms with E-state index in [0.717, 1.165) is 16.7 Å². The minimum Gasteiger partial charge on any atom is -0.495 e. The fraction of sp³-hybridized carbons (Fsp3) is 0.136. The highest BCUT2D eigenvalue weighted by Crippen LogP contribution is 2.32. The molecule has 0 saturated carbocycles. The van der Waals surface area contributed by atoms with Crippen LogP contribution in [-0.4, -0.2) is 26.3 Å². The minimum absolute atomic E-state index is 0.0793. The molecular weight excluding hydrogens is 388 g/mol. The first-order valence-electron chi connectivity index (χ1n) is 9.09. The molecule has 0 saturated heterocycles. The molecule has 2 N–H and O–H groups in total. The van der Waals surface area contributed by atoms with E-state index in [9.17, 15) is 8.42 Å². The van der Waals surface area contributed by atoms with Crippen molar-refractivity contribution in [2.45, 2.75) is 11.8 Å². The molecule has 0 radical (unpaired) electrons. The average Bonchev–Trinajstić information content (AvgIpc) is 3.17. The summed E-state index contributed by atoms with van der Waals surface area (Å²) >= 11 is 0. The van der Waals surface area contributed by atoms with Crippen molar-refractivity contribution in [3.63, 3.8) is 0 Å². The van der Waals surface area contributed by atoms with Gasteiger partial charge in [-0.05, 0) is 53.6 Å². The highest BCUT2D eigenvalue weighted by atomic mass is 32.2. The van der Waals surface area contributed by atoms with Crippen molar-refractivity contribution in [1.82, 2.24) is 4.98 Å². The average molecular weight is 408 g/mol. The number of anilines is 1. The van der Waals surface area contributed by atoms with Gasteiger partial charge in [-0.25, -0.2) is 13.4 Å². The maximum atomic E-state index is 12.0. The third kappa shape index (κ3) is 3.56. The maximum Gasteiger partial charge on any atom is 0.227 e. The van der Waals surface area contributed by atoms with Crippen molar-refractivity contribution < 1.29 is 17.6 Å². The van der Waals surface area contributed by atoms with Crippen LogP contribution in [0.2, 0.25) is 0 Å². The normalized spacial score (nSPS) is 11.7. The molecule has 0 unspecified atom stereocenters. The fourth-order valence-electron chi connectivity index (χ4n) is 3.12. The lowest BCUT2D eigenvalue weighted by Gasteiger charge is -2.04. The Morgan fingerprint density at radius 1 is 0.966 bits per heavy atom. The second-order valence-electron chi connectivity index (χ2n) is 6.59. The molecule has 0 aliphatic carbocycles. The van der Waals surface area contributed by atoms with Gasteiger partial charge in [0, 0.05) is 5.56 Å². The molecular formula is C22H20N2O4S. The standard InChI is InChI=1S/C22H20N2O4S/c1-3-29(25,26)17-8-4-14(5-9-17)15-6-11-21-19(13-15)24-22(28-21)16-7-10-20(27-2)18(23)12-16/h4-13H,3,23H2,1-2H3. The number of hydrogen-bond donors (Lipinski definition) is 1. The van der Waals surface area contributed by atoms with Gasteiger partial charge in [-0.1, -0.05) is 25.1 Å². The van der Waals surface area contributed by atoms with Crippen molar-refractivity contribution in [1.29, 1.82) is 0 Å². The molecule has 1 aromatic heterocycles. The molecule has 29 heavy (non-hydrogen) atoms. The molecule has 0 bridgehead atoms. The zero-order valence-corrected chi connectivity index (χ0v) is 16.9. The van der Waals surface area contributed by atoms with E-state index in [4.69, 9.17) is 14.9 Å². The highest BCUT2D eigenvalue weighted by Gasteiger charge is 2.13. The Morgan fingerprint density at radius 2 is 1.66 bits per heavy atom. The summed E-state index contributed by atoms with van der Waals surface area (Å²) in [6.07, 6.45) is 0. The summed E-state index contributed by atoms with van der Waals surface area (Å²) in [6, 6.07) is 17.9. The van der Waals surface area contributed by atoms with Crippen LogP contribution in [-0.2, 0) is 9.84 Å². The van der Waals surface area contributed by atoms with Gasteiger partial charge >= 0.3 is 0 Å². The molecule has 148 valence electrons. The van der Waals surface area contributed by atoms with E-state index >= 15 is 0 Å². The number of nitrogens with two attached hydrogens (primary N) is 1. The molecule has 1 heterocycles. The second kappa shape index (κ2) is 7.25. The molecule has 0 amide bonds. The van der Waals surface area contributed by atoms with Crippen molar-refractivity contribution in [3.05, 3.63) is 60.7 Å². The van der Waals surface area contributed by atoms with Crippen LogP contribution in [0.4, 0.5) is 5.69 Å². The number of fused-ring (bicyclic) bond motifs is 1. The van der Waals surface area contributed by atoms with Crippen LogP contribution in [0.15, 0.2) is 70.0 Å². The summed E-state index contributed by atoms with van der Waals surface area (Å²) in [5.74, 6) is 1.15. The van der Waals surface area contributed by atoms with E-state index in [1.54, 1.807) is 50.4 Å². The third-order valence-electron chi connectivity index (χ3n) is 4.79. The number of rotatable bonds is 5. The number of methoxy groups -OCH3 is 1. The summed E-state index contributed by atoms with van der Waals surface area (Å²) in [5.41, 5.74) is 10.4. The predicted octanol–water partition coefficient (Wildman–Crippen LogP) is 4.55. The Kier molecular flexibility index (Phi) is 4.76. The van der Waals surface area contributed by atoms with Crippen LogP contribution >= 0.6 is 0 Å². The number of ether oxygens (including phenoxy) is 1. The zero-order valence-electron chi connectivity index (χ0n) is 16.0. The van der Waals surface area contributed by atoms with Crippen LogP contribution < -0.4 is 10.5 Å². The summed E-state index contributed by atoms with van der Waals surface area (Å²) in [4.78, 5) is 4.90. The van der Waals surface area contributed by atoms with Gasteiger partial charge in [0.1, 0.15) is 11.3 Å². The largest absolute Gasteiger partial charge is 0.495 e.